The fourth-order valence-corrected chi connectivity index (χ4v) is 1.42. The fraction of sp³-hybridized carbons (Fsp3) is 0. The number of aromatic nitrogens is 1. The number of carboxylic acid groups (broad SMARTS) is 1. The molecule has 0 aliphatic rings. The molecule has 2 aromatic rings. The third kappa shape index (κ3) is 3.01. The van der Waals surface area contributed by atoms with Crippen molar-refractivity contribution in [3.63, 3.8) is 0 Å². The third-order valence-electron chi connectivity index (χ3n) is 2.27. The molecule has 84 valence electrons. The van der Waals surface area contributed by atoms with Gasteiger partial charge in [0.2, 0.25) is 0 Å². The average molecular weight is 225 g/mol. The number of aromatic carboxylic acids is 1. The van der Waals surface area contributed by atoms with Crippen LogP contribution in [0.4, 0.5) is 0 Å². The Hall–Kier alpha value is -2.42. The maximum absolute atomic E-state index is 10.8. The van der Waals surface area contributed by atoms with Gasteiger partial charge in [-0.15, -0.1) is 0 Å². The van der Waals surface area contributed by atoms with Crippen LogP contribution < -0.4 is 0 Å². The normalized spacial score (nSPS) is 10.6. The summed E-state index contributed by atoms with van der Waals surface area (Å²) in [6.07, 6.45) is 6.73. The van der Waals surface area contributed by atoms with Crippen LogP contribution in [0.15, 0.2) is 48.8 Å². The van der Waals surface area contributed by atoms with Crippen LogP contribution in [0.25, 0.3) is 12.2 Å². The summed E-state index contributed by atoms with van der Waals surface area (Å²) >= 11 is 0. The van der Waals surface area contributed by atoms with E-state index in [2.05, 4.69) is 4.98 Å². The molecule has 3 heteroatoms. The van der Waals surface area contributed by atoms with Crippen molar-refractivity contribution in [1.82, 2.24) is 4.98 Å². The van der Waals surface area contributed by atoms with E-state index in [0.29, 0.717) is 0 Å². The van der Waals surface area contributed by atoms with Gasteiger partial charge in [0.05, 0.1) is 5.56 Å². The van der Waals surface area contributed by atoms with E-state index in [1.807, 2.05) is 42.5 Å². The van der Waals surface area contributed by atoms with Gasteiger partial charge in [0, 0.05) is 12.4 Å². The van der Waals surface area contributed by atoms with Gasteiger partial charge in [-0.05, 0) is 17.2 Å². The summed E-state index contributed by atoms with van der Waals surface area (Å²) in [5.41, 5.74) is 2.03. The van der Waals surface area contributed by atoms with Crippen molar-refractivity contribution in [1.29, 1.82) is 0 Å². The van der Waals surface area contributed by atoms with E-state index in [0.717, 1.165) is 11.1 Å². The second kappa shape index (κ2) is 5.07. The molecule has 1 heterocycles. The minimum Gasteiger partial charge on any atom is -0.478 e. The van der Waals surface area contributed by atoms with Gasteiger partial charge in [-0.1, -0.05) is 42.5 Å². The second-order valence-corrected chi connectivity index (χ2v) is 3.56. The minimum atomic E-state index is -0.965. The van der Waals surface area contributed by atoms with E-state index in [1.54, 1.807) is 12.3 Å². The molecule has 0 saturated carbocycles. The molecular weight excluding hydrogens is 214 g/mol. The molecule has 0 spiro atoms. The van der Waals surface area contributed by atoms with Gasteiger partial charge in [0.1, 0.15) is 0 Å². The van der Waals surface area contributed by atoms with E-state index in [1.165, 1.54) is 6.20 Å². The lowest BCUT2D eigenvalue weighted by molar-refractivity contribution is 0.0696. The first kappa shape index (κ1) is 11.1. The summed E-state index contributed by atoms with van der Waals surface area (Å²) in [6, 6.07) is 11.4. The van der Waals surface area contributed by atoms with E-state index in [4.69, 9.17) is 5.11 Å². The van der Waals surface area contributed by atoms with Crippen LogP contribution in [0.2, 0.25) is 0 Å². The van der Waals surface area contributed by atoms with Crippen LogP contribution in [0.3, 0.4) is 0 Å². The Balaban J connectivity index is 2.22. The minimum absolute atomic E-state index is 0.195. The zero-order chi connectivity index (χ0) is 12.1. The van der Waals surface area contributed by atoms with Crippen molar-refractivity contribution in [2.45, 2.75) is 0 Å². The largest absolute Gasteiger partial charge is 0.478 e. The first-order valence-electron chi connectivity index (χ1n) is 5.17. The quantitative estimate of drug-likeness (QED) is 0.873. The zero-order valence-corrected chi connectivity index (χ0v) is 9.08. The number of rotatable bonds is 3. The summed E-state index contributed by atoms with van der Waals surface area (Å²) in [5, 5.41) is 8.83. The molecular formula is C14H11NO2. The van der Waals surface area contributed by atoms with Crippen molar-refractivity contribution in [2.24, 2.45) is 0 Å². The van der Waals surface area contributed by atoms with Gasteiger partial charge >= 0.3 is 5.97 Å². The monoisotopic (exact) mass is 225 g/mol. The Labute approximate surface area is 99.1 Å². The number of nitrogens with zero attached hydrogens (tertiary/aromatic N) is 1. The van der Waals surface area contributed by atoms with Crippen molar-refractivity contribution in [3.05, 3.63) is 65.5 Å². The maximum atomic E-state index is 10.8. The Kier molecular flexibility index (Phi) is 3.31. The van der Waals surface area contributed by atoms with Crippen LogP contribution >= 0.6 is 0 Å². The van der Waals surface area contributed by atoms with Crippen LogP contribution in [0.1, 0.15) is 21.5 Å². The van der Waals surface area contributed by atoms with Gasteiger partial charge in [0.25, 0.3) is 0 Å². The molecule has 3 nitrogen and oxygen atoms in total. The van der Waals surface area contributed by atoms with Crippen LogP contribution in [-0.4, -0.2) is 16.1 Å². The molecule has 0 unspecified atom stereocenters. The lowest BCUT2D eigenvalue weighted by atomic mass is 10.1. The number of carboxylic acids is 1. The summed E-state index contributed by atoms with van der Waals surface area (Å²) in [4.78, 5) is 14.6. The Morgan fingerprint density at radius 3 is 2.47 bits per heavy atom. The first-order chi connectivity index (χ1) is 8.25. The van der Waals surface area contributed by atoms with Gasteiger partial charge in [0.15, 0.2) is 0 Å². The highest BCUT2D eigenvalue weighted by atomic mass is 16.4. The van der Waals surface area contributed by atoms with E-state index >= 15 is 0 Å². The Morgan fingerprint density at radius 1 is 1.06 bits per heavy atom. The highest BCUT2D eigenvalue weighted by Crippen LogP contribution is 2.08. The Morgan fingerprint density at radius 2 is 1.76 bits per heavy atom. The molecule has 0 saturated heterocycles. The van der Waals surface area contributed by atoms with Gasteiger partial charge in [-0.25, -0.2) is 4.79 Å². The third-order valence-corrected chi connectivity index (χ3v) is 2.27. The molecule has 1 N–H and O–H groups in total. The highest BCUT2D eigenvalue weighted by molar-refractivity contribution is 5.88. The lowest BCUT2D eigenvalue weighted by Gasteiger charge is -1.96. The molecule has 1 aromatic carbocycles. The smallest absolute Gasteiger partial charge is 0.337 e. The van der Waals surface area contributed by atoms with Crippen LogP contribution in [0.5, 0.6) is 0 Å². The molecule has 0 amide bonds. The van der Waals surface area contributed by atoms with Crippen LogP contribution in [-0.2, 0) is 0 Å². The molecule has 0 fully saturated rings. The number of pyridine rings is 1. The van der Waals surface area contributed by atoms with Gasteiger partial charge in [-0.3, -0.25) is 4.98 Å². The van der Waals surface area contributed by atoms with E-state index in [9.17, 15) is 4.79 Å². The summed E-state index contributed by atoms with van der Waals surface area (Å²) < 4.78 is 0. The van der Waals surface area contributed by atoms with E-state index in [-0.39, 0.29) is 5.56 Å². The zero-order valence-electron chi connectivity index (χ0n) is 9.08. The molecule has 1 aromatic heterocycles. The number of hydrogen-bond donors (Lipinski definition) is 1. The highest BCUT2D eigenvalue weighted by Gasteiger charge is 2.01. The van der Waals surface area contributed by atoms with Crippen molar-refractivity contribution in [3.8, 4) is 0 Å². The molecule has 0 atom stereocenters. The SMILES string of the molecule is O=C(O)c1cncc(/C=C/c2ccccc2)c1. The fourth-order valence-electron chi connectivity index (χ4n) is 1.42. The maximum Gasteiger partial charge on any atom is 0.337 e. The molecule has 0 radical (unpaired) electrons. The number of hydrogen-bond acceptors (Lipinski definition) is 2. The number of benzene rings is 1. The first-order valence-corrected chi connectivity index (χ1v) is 5.17. The average Bonchev–Trinajstić information content (AvgIpc) is 2.38. The van der Waals surface area contributed by atoms with Crippen molar-refractivity contribution >= 4 is 18.1 Å². The summed E-state index contributed by atoms with van der Waals surface area (Å²) in [7, 11) is 0. The summed E-state index contributed by atoms with van der Waals surface area (Å²) in [5.74, 6) is -0.965. The van der Waals surface area contributed by atoms with Crippen LogP contribution in [0, 0.1) is 0 Å². The number of carbonyl (C=O) groups is 1. The molecule has 17 heavy (non-hydrogen) atoms. The molecule has 0 aliphatic carbocycles. The van der Waals surface area contributed by atoms with Crippen molar-refractivity contribution < 1.29 is 9.90 Å². The topological polar surface area (TPSA) is 50.2 Å². The summed E-state index contributed by atoms with van der Waals surface area (Å²) in [6.45, 7) is 0. The molecule has 0 aliphatic heterocycles. The predicted octanol–water partition coefficient (Wildman–Crippen LogP) is 2.95. The predicted molar refractivity (Wildman–Crippen MR) is 66.6 cm³/mol. The van der Waals surface area contributed by atoms with Gasteiger partial charge < -0.3 is 5.11 Å². The second-order valence-electron chi connectivity index (χ2n) is 3.56. The lowest BCUT2D eigenvalue weighted by Crippen LogP contribution is -1.96. The van der Waals surface area contributed by atoms with E-state index < -0.39 is 5.97 Å². The molecule has 0 bridgehead atoms. The van der Waals surface area contributed by atoms with Gasteiger partial charge in [-0.2, -0.15) is 0 Å². The molecule has 2 rings (SSSR count). The van der Waals surface area contributed by atoms with Crippen molar-refractivity contribution in [2.75, 3.05) is 0 Å². The Bertz CT molecular complexity index is 547. The standard InChI is InChI=1S/C14H11NO2/c16-14(17)13-8-12(9-15-10-13)7-6-11-4-2-1-3-5-11/h1-10H,(H,16,17)/b7-6+.